The van der Waals surface area contributed by atoms with Gasteiger partial charge in [0.2, 0.25) is 5.91 Å². The summed E-state index contributed by atoms with van der Waals surface area (Å²) in [5.41, 5.74) is 0. The van der Waals surface area contributed by atoms with Gasteiger partial charge in [-0.05, 0) is 12.3 Å². The van der Waals surface area contributed by atoms with Crippen LogP contribution in [0.15, 0.2) is 0 Å². The van der Waals surface area contributed by atoms with Crippen molar-refractivity contribution >= 4 is 11.9 Å². The Labute approximate surface area is 102 Å². The van der Waals surface area contributed by atoms with Crippen molar-refractivity contribution in [1.82, 2.24) is 4.90 Å². The van der Waals surface area contributed by atoms with Crippen molar-refractivity contribution < 1.29 is 19.4 Å². The highest BCUT2D eigenvalue weighted by molar-refractivity contribution is 5.87. The van der Waals surface area contributed by atoms with Crippen molar-refractivity contribution in [3.05, 3.63) is 0 Å². The number of β-amino-alcohol motifs (C(OH)–C–C–N with tert-alkyl or cyclic N) is 1. The van der Waals surface area contributed by atoms with Crippen molar-refractivity contribution in [1.29, 1.82) is 0 Å². The van der Waals surface area contributed by atoms with Crippen molar-refractivity contribution in [2.45, 2.75) is 39.3 Å². The van der Waals surface area contributed by atoms with Crippen LogP contribution >= 0.6 is 0 Å². The van der Waals surface area contributed by atoms with Crippen molar-refractivity contribution in [2.24, 2.45) is 11.8 Å². The van der Waals surface area contributed by atoms with Gasteiger partial charge in [-0.15, -0.1) is 0 Å². The zero-order valence-electron chi connectivity index (χ0n) is 10.8. The van der Waals surface area contributed by atoms with Crippen LogP contribution in [0.2, 0.25) is 0 Å². The van der Waals surface area contributed by atoms with E-state index in [9.17, 15) is 14.7 Å². The Hall–Kier alpha value is -1.10. The second kappa shape index (κ2) is 5.49. The first-order chi connectivity index (χ1) is 7.88. The highest BCUT2D eigenvalue weighted by Crippen LogP contribution is 2.24. The first kappa shape index (κ1) is 14.0. The molecule has 0 aliphatic carbocycles. The van der Waals surface area contributed by atoms with Gasteiger partial charge in [-0.3, -0.25) is 4.79 Å². The molecule has 0 spiro atoms. The minimum atomic E-state index is -0.693. The predicted octanol–water partition coefficient (Wildman–Crippen LogP) is 0.413. The summed E-state index contributed by atoms with van der Waals surface area (Å²) in [4.78, 5) is 25.1. The summed E-state index contributed by atoms with van der Waals surface area (Å²) in [5.74, 6) is -0.740. The average Bonchev–Trinajstić information content (AvgIpc) is 2.52. The minimum absolute atomic E-state index is 0.173. The monoisotopic (exact) mass is 243 g/mol. The molecule has 0 radical (unpaired) electrons. The van der Waals surface area contributed by atoms with Gasteiger partial charge in [0.25, 0.3) is 0 Å². The molecular formula is C12H21NO4. The third-order valence-electron chi connectivity index (χ3n) is 3.18. The summed E-state index contributed by atoms with van der Waals surface area (Å²) in [6.07, 6.45) is -0.139. The molecule has 0 aromatic carbocycles. The van der Waals surface area contributed by atoms with Crippen molar-refractivity contribution in [2.75, 3.05) is 13.7 Å². The number of likely N-dealkylation sites (tertiary alicyclic amines) is 1. The Balaban J connectivity index is 2.84. The molecule has 1 rings (SSSR count). The van der Waals surface area contributed by atoms with Gasteiger partial charge in [0, 0.05) is 6.54 Å². The van der Waals surface area contributed by atoms with Crippen molar-refractivity contribution in [3.63, 3.8) is 0 Å². The van der Waals surface area contributed by atoms with Crippen LogP contribution in [0, 0.1) is 11.8 Å². The van der Waals surface area contributed by atoms with Gasteiger partial charge in [-0.1, -0.05) is 20.8 Å². The fourth-order valence-corrected chi connectivity index (χ4v) is 2.09. The molecule has 5 nitrogen and oxygen atoms in total. The van der Waals surface area contributed by atoms with Gasteiger partial charge >= 0.3 is 5.97 Å². The van der Waals surface area contributed by atoms with E-state index in [1.165, 1.54) is 12.0 Å². The van der Waals surface area contributed by atoms with Gasteiger partial charge in [-0.2, -0.15) is 0 Å². The summed E-state index contributed by atoms with van der Waals surface area (Å²) in [6.45, 7) is 5.86. The third-order valence-corrected chi connectivity index (χ3v) is 3.18. The molecule has 1 saturated heterocycles. The number of nitrogens with zero attached hydrogens (tertiary/aromatic N) is 1. The second-order valence-corrected chi connectivity index (χ2v) is 5.02. The Morgan fingerprint density at radius 2 is 2.18 bits per heavy atom. The smallest absolute Gasteiger partial charge is 0.328 e. The van der Waals surface area contributed by atoms with E-state index in [0.29, 0.717) is 6.42 Å². The molecule has 0 aromatic rings. The maximum atomic E-state index is 11.9. The summed E-state index contributed by atoms with van der Waals surface area (Å²) >= 11 is 0. The molecule has 1 aliphatic heterocycles. The number of carbonyl (C=O) groups is 2. The van der Waals surface area contributed by atoms with Crippen LogP contribution in [-0.2, 0) is 14.3 Å². The lowest BCUT2D eigenvalue weighted by Gasteiger charge is -2.27. The van der Waals surface area contributed by atoms with Gasteiger partial charge in [-0.25, -0.2) is 4.79 Å². The van der Waals surface area contributed by atoms with Crippen LogP contribution in [0.4, 0.5) is 0 Å². The number of methoxy groups -OCH3 is 1. The molecule has 5 heteroatoms. The van der Waals surface area contributed by atoms with Gasteiger partial charge < -0.3 is 14.7 Å². The summed E-state index contributed by atoms with van der Waals surface area (Å²) < 4.78 is 4.73. The number of hydrogen-bond acceptors (Lipinski definition) is 4. The zero-order valence-corrected chi connectivity index (χ0v) is 10.8. The molecule has 98 valence electrons. The maximum Gasteiger partial charge on any atom is 0.328 e. The fraction of sp³-hybridized carbons (Fsp3) is 0.833. The van der Waals surface area contributed by atoms with Gasteiger partial charge in [0.15, 0.2) is 0 Å². The molecule has 1 heterocycles. The standard InChI is InChI=1S/C12H21NO4/c1-7(2)5-9(12(16)17-4)13-6-10(14)8(3)11(13)15/h7-10,14H,5-6H2,1-4H3. The zero-order chi connectivity index (χ0) is 13.2. The lowest BCUT2D eigenvalue weighted by atomic mass is 10.0. The number of rotatable bonds is 4. The Morgan fingerprint density at radius 3 is 2.53 bits per heavy atom. The minimum Gasteiger partial charge on any atom is -0.467 e. The van der Waals surface area contributed by atoms with E-state index in [4.69, 9.17) is 4.74 Å². The average molecular weight is 243 g/mol. The molecule has 17 heavy (non-hydrogen) atoms. The Morgan fingerprint density at radius 1 is 1.59 bits per heavy atom. The molecule has 3 unspecified atom stereocenters. The van der Waals surface area contributed by atoms with Gasteiger partial charge in [0.05, 0.1) is 19.1 Å². The third kappa shape index (κ3) is 2.97. The Kier molecular flexibility index (Phi) is 4.51. The van der Waals surface area contributed by atoms with E-state index >= 15 is 0 Å². The van der Waals surface area contributed by atoms with E-state index in [1.54, 1.807) is 6.92 Å². The topological polar surface area (TPSA) is 66.8 Å². The maximum absolute atomic E-state index is 11.9. The normalized spacial score (nSPS) is 26.5. The molecule has 3 atom stereocenters. The largest absolute Gasteiger partial charge is 0.467 e. The van der Waals surface area contributed by atoms with E-state index in [-0.39, 0.29) is 18.4 Å². The second-order valence-electron chi connectivity index (χ2n) is 5.02. The number of aliphatic hydroxyl groups is 1. The van der Waals surface area contributed by atoms with Gasteiger partial charge in [0.1, 0.15) is 6.04 Å². The van der Waals surface area contributed by atoms with E-state index in [2.05, 4.69) is 0 Å². The molecule has 1 amide bonds. The molecule has 1 fully saturated rings. The summed E-state index contributed by atoms with van der Waals surface area (Å²) in [5, 5.41) is 9.66. The van der Waals surface area contributed by atoms with Crippen LogP contribution in [0.1, 0.15) is 27.2 Å². The lowest BCUT2D eigenvalue weighted by Crippen LogP contribution is -2.44. The molecule has 1 N–H and O–H groups in total. The van der Waals surface area contributed by atoms with E-state index in [1.807, 2.05) is 13.8 Å². The van der Waals surface area contributed by atoms with Crippen LogP contribution in [0.5, 0.6) is 0 Å². The molecule has 0 saturated carbocycles. The van der Waals surface area contributed by atoms with E-state index < -0.39 is 24.0 Å². The van der Waals surface area contributed by atoms with Crippen LogP contribution < -0.4 is 0 Å². The molecule has 0 bridgehead atoms. The number of ether oxygens (including phenoxy) is 1. The molecular weight excluding hydrogens is 222 g/mol. The van der Waals surface area contributed by atoms with Crippen molar-refractivity contribution in [3.8, 4) is 0 Å². The number of esters is 1. The number of hydrogen-bond donors (Lipinski definition) is 1. The van der Waals surface area contributed by atoms with Crippen LogP contribution in [0.3, 0.4) is 0 Å². The molecule has 1 aliphatic rings. The quantitative estimate of drug-likeness (QED) is 0.726. The van der Waals surface area contributed by atoms with E-state index in [0.717, 1.165) is 0 Å². The first-order valence-electron chi connectivity index (χ1n) is 5.94. The summed E-state index contributed by atoms with van der Waals surface area (Å²) in [6, 6.07) is -0.577. The SMILES string of the molecule is COC(=O)C(CC(C)C)N1CC(O)C(C)C1=O. The highest BCUT2D eigenvalue weighted by Gasteiger charge is 2.42. The number of aliphatic hydroxyl groups excluding tert-OH is 1. The number of carbonyl (C=O) groups excluding carboxylic acids is 2. The van der Waals surface area contributed by atoms with Crippen LogP contribution in [0.25, 0.3) is 0 Å². The predicted molar refractivity (Wildman–Crippen MR) is 62.1 cm³/mol. The first-order valence-corrected chi connectivity index (χ1v) is 5.94. The number of amides is 1. The summed E-state index contributed by atoms with van der Waals surface area (Å²) in [7, 11) is 1.32. The highest BCUT2D eigenvalue weighted by atomic mass is 16.5. The molecule has 0 aromatic heterocycles. The Bertz CT molecular complexity index is 303. The fourth-order valence-electron chi connectivity index (χ4n) is 2.09. The lowest BCUT2D eigenvalue weighted by molar-refractivity contribution is -0.152. The van der Waals surface area contributed by atoms with Crippen LogP contribution in [-0.4, -0.2) is 47.7 Å².